The summed E-state index contributed by atoms with van der Waals surface area (Å²) in [4.78, 5) is 22.2. The number of rotatable bonds is 7. The van der Waals surface area contributed by atoms with Gasteiger partial charge in [-0.1, -0.05) is 6.07 Å². The van der Waals surface area contributed by atoms with Crippen LogP contribution in [0.1, 0.15) is 23.2 Å². The number of hydrogen-bond donors (Lipinski definition) is 2. The molecule has 0 fully saturated rings. The van der Waals surface area contributed by atoms with Crippen LogP contribution in [0.5, 0.6) is 0 Å². The highest BCUT2D eigenvalue weighted by molar-refractivity contribution is 7.98. The molecule has 0 spiro atoms. The van der Waals surface area contributed by atoms with Crippen molar-refractivity contribution in [3.8, 4) is 0 Å². The van der Waals surface area contributed by atoms with Crippen LogP contribution in [-0.4, -0.2) is 29.4 Å². The van der Waals surface area contributed by atoms with Crippen molar-refractivity contribution in [2.75, 3.05) is 24.3 Å². The van der Waals surface area contributed by atoms with Gasteiger partial charge in [-0.3, -0.25) is 14.9 Å². The molecule has 0 saturated heterocycles. The van der Waals surface area contributed by atoms with Gasteiger partial charge in [0.2, 0.25) is 0 Å². The number of nitrogen functional groups attached to an aromatic ring is 1. The topological polar surface area (TPSA) is 98.3 Å². The first-order valence-electron chi connectivity index (χ1n) is 5.88. The van der Waals surface area contributed by atoms with E-state index in [0.29, 0.717) is 6.54 Å². The number of benzene rings is 1. The second kappa shape index (κ2) is 7.63. The molecule has 0 radical (unpaired) electrons. The fraction of sp³-hybridized carbons (Fsp3) is 0.417. The van der Waals surface area contributed by atoms with Gasteiger partial charge in [0.25, 0.3) is 5.91 Å². The summed E-state index contributed by atoms with van der Waals surface area (Å²) in [6, 6.07) is 4.35. The summed E-state index contributed by atoms with van der Waals surface area (Å²) in [5.41, 5.74) is 5.21. The quantitative estimate of drug-likeness (QED) is 0.345. The average Bonchev–Trinajstić information content (AvgIpc) is 2.37. The standard InChI is InChI=1S/C12H17N3O3S/c1-19-8-3-2-7-14-12(16)9-5-4-6-10(13)11(9)15(17)18/h4-6H,2-3,7-8,13H2,1H3,(H,14,16). The molecule has 7 heteroatoms. The van der Waals surface area contributed by atoms with Crippen LogP contribution in [0, 0.1) is 10.1 Å². The molecule has 0 aliphatic carbocycles. The van der Waals surface area contributed by atoms with Crippen molar-refractivity contribution in [2.45, 2.75) is 12.8 Å². The van der Waals surface area contributed by atoms with Crippen molar-refractivity contribution in [1.82, 2.24) is 5.32 Å². The van der Waals surface area contributed by atoms with Crippen molar-refractivity contribution in [2.24, 2.45) is 0 Å². The zero-order valence-corrected chi connectivity index (χ0v) is 11.5. The second-order valence-electron chi connectivity index (χ2n) is 3.96. The molecular weight excluding hydrogens is 266 g/mol. The minimum absolute atomic E-state index is 0.0000305. The lowest BCUT2D eigenvalue weighted by Gasteiger charge is -2.06. The predicted octanol–water partition coefficient (Wildman–Crippen LogP) is 2.05. The van der Waals surface area contributed by atoms with Gasteiger partial charge in [-0.25, -0.2) is 0 Å². The zero-order valence-electron chi connectivity index (χ0n) is 10.7. The summed E-state index contributed by atoms with van der Waals surface area (Å²) in [7, 11) is 0. The Hall–Kier alpha value is -1.76. The molecule has 0 aliphatic heterocycles. The number of nitrogens with zero attached hydrogens (tertiary/aromatic N) is 1. The highest BCUT2D eigenvalue weighted by Crippen LogP contribution is 2.25. The first-order valence-corrected chi connectivity index (χ1v) is 7.27. The third-order valence-electron chi connectivity index (χ3n) is 2.56. The van der Waals surface area contributed by atoms with Crippen LogP contribution in [0.3, 0.4) is 0 Å². The van der Waals surface area contributed by atoms with Crippen LogP contribution >= 0.6 is 11.8 Å². The fourth-order valence-corrected chi connectivity index (χ4v) is 2.11. The Labute approximate surface area is 115 Å². The van der Waals surface area contributed by atoms with Crippen LogP contribution in [0.15, 0.2) is 18.2 Å². The van der Waals surface area contributed by atoms with Crippen molar-refractivity contribution >= 4 is 29.0 Å². The Morgan fingerprint density at radius 2 is 2.21 bits per heavy atom. The molecule has 1 rings (SSSR count). The number of hydrogen-bond acceptors (Lipinski definition) is 5. The number of thioether (sulfide) groups is 1. The number of unbranched alkanes of at least 4 members (excludes halogenated alkanes) is 1. The molecule has 19 heavy (non-hydrogen) atoms. The van der Waals surface area contributed by atoms with E-state index < -0.39 is 10.8 Å². The van der Waals surface area contributed by atoms with Crippen molar-refractivity contribution in [3.05, 3.63) is 33.9 Å². The van der Waals surface area contributed by atoms with Crippen LogP contribution in [0.25, 0.3) is 0 Å². The number of nitrogens with two attached hydrogens (primary N) is 1. The number of nitro groups is 1. The maximum atomic E-state index is 11.9. The third kappa shape index (κ3) is 4.44. The monoisotopic (exact) mass is 283 g/mol. The molecule has 0 saturated carbocycles. The van der Waals surface area contributed by atoms with E-state index in [0.717, 1.165) is 18.6 Å². The Bertz CT molecular complexity index is 466. The normalized spacial score (nSPS) is 10.2. The lowest BCUT2D eigenvalue weighted by molar-refractivity contribution is -0.384. The lowest BCUT2D eigenvalue weighted by Crippen LogP contribution is -2.25. The molecular formula is C12H17N3O3S. The second-order valence-corrected chi connectivity index (χ2v) is 4.94. The number of carbonyl (C=O) groups excluding carboxylic acids is 1. The summed E-state index contributed by atoms with van der Waals surface area (Å²) in [6.45, 7) is 0.505. The first kappa shape index (κ1) is 15.3. The average molecular weight is 283 g/mol. The Kier molecular flexibility index (Phi) is 6.14. The van der Waals surface area contributed by atoms with Gasteiger partial charge in [-0.05, 0) is 37.0 Å². The molecule has 104 valence electrons. The maximum Gasteiger partial charge on any atom is 0.304 e. The van der Waals surface area contributed by atoms with Gasteiger partial charge >= 0.3 is 5.69 Å². The molecule has 1 aromatic carbocycles. The van der Waals surface area contributed by atoms with Crippen molar-refractivity contribution in [1.29, 1.82) is 0 Å². The van der Waals surface area contributed by atoms with Gasteiger partial charge in [0, 0.05) is 6.54 Å². The Balaban J connectivity index is 2.67. The first-order chi connectivity index (χ1) is 9.07. The number of para-hydroxylation sites is 1. The Morgan fingerprint density at radius 3 is 2.84 bits per heavy atom. The van der Waals surface area contributed by atoms with Crippen LogP contribution < -0.4 is 11.1 Å². The van der Waals surface area contributed by atoms with Gasteiger partial charge in [0.05, 0.1) is 4.92 Å². The number of anilines is 1. The lowest BCUT2D eigenvalue weighted by atomic mass is 10.1. The van der Waals surface area contributed by atoms with Gasteiger partial charge in [0.1, 0.15) is 11.3 Å². The van der Waals surface area contributed by atoms with Crippen LogP contribution in [-0.2, 0) is 0 Å². The highest BCUT2D eigenvalue weighted by Gasteiger charge is 2.22. The van der Waals surface area contributed by atoms with E-state index in [1.807, 2.05) is 6.26 Å². The molecule has 0 atom stereocenters. The van der Waals surface area contributed by atoms with Gasteiger partial charge in [-0.2, -0.15) is 11.8 Å². The summed E-state index contributed by atoms with van der Waals surface area (Å²) in [6.07, 6.45) is 3.87. The van der Waals surface area contributed by atoms with Crippen LogP contribution in [0.4, 0.5) is 11.4 Å². The van der Waals surface area contributed by atoms with E-state index in [2.05, 4.69) is 5.32 Å². The Morgan fingerprint density at radius 1 is 1.47 bits per heavy atom. The van der Waals surface area contributed by atoms with E-state index in [1.54, 1.807) is 11.8 Å². The molecule has 0 aromatic heterocycles. The maximum absolute atomic E-state index is 11.9. The molecule has 3 N–H and O–H groups in total. The summed E-state index contributed by atoms with van der Waals surface area (Å²) in [5.74, 6) is 0.581. The largest absolute Gasteiger partial charge is 0.393 e. The molecule has 0 aliphatic rings. The van der Waals surface area contributed by atoms with Gasteiger partial charge in [0.15, 0.2) is 0 Å². The summed E-state index contributed by atoms with van der Waals surface area (Å²) < 4.78 is 0. The van der Waals surface area contributed by atoms with E-state index in [-0.39, 0.29) is 16.9 Å². The van der Waals surface area contributed by atoms with E-state index in [1.165, 1.54) is 18.2 Å². The number of amides is 1. The smallest absolute Gasteiger partial charge is 0.304 e. The molecule has 6 nitrogen and oxygen atoms in total. The predicted molar refractivity (Wildman–Crippen MR) is 77.5 cm³/mol. The van der Waals surface area contributed by atoms with Crippen molar-refractivity contribution in [3.63, 3.8) is 0 Å². The summed E-state index contributed by atoms with van der Waals surface area (Å²) in [5, 5.41) is 13.6. The minimum atomic E-state index is -0.627. The highest BCUT2D eigenvalue weighted by atomic mass is 32.2. The SMILES string of the molecule is CSCCCCNC(=O)c1cccc(N)c1[N+](=O)[O-]. The molecule has 1 amide bonds. The van der Waals surface area contributed by atoms with Gasteiger partial charge < -0.3 is 11.1 Å². The number of carbonyl (C=O) groups is 1. The molecule has 0 heterocycles. The van der Waals surface area contributed by atoms with Gasteiger partial charge in [-0.15, -0.1) is 0 Å². The van der Waals surface area contributed by atoms with Crippen molar-refractivity contribution < 1.29 is 9.72 Å². The van der Waals surface area contributed by atoms with E-state index in [4.69, 9.17) is 5.73 Å². The molecule has 0 bridgehead atoms. The van der Waals surface area contributed by atoms with E-state index in [9.17, 15) is 14.9 Å². The summed E-state index contributed by atoms with van der Waals surface area (Å²) >= 11 is 1.75. The number of nitrogens with one attached hydrogen (secondary N) is 1. The van der Waals surface area contributed by atoms with Crippen LogP contribution in [0.2, 0.25) is 0 Å². The zero-order chi connectivity index (χ0) is 14.3. The molecule has 1 aromatic rings. The number of nitro benzene ring substituents is 1. The fourth-order valence-electron chi connectivity index (χ4n) is 1.62. The molecule has 0 unspecified atom stereocenters. The minimum Gasteiger partial charge on any atom is -0.393 e. The van der Waals surface area contributed by atoms with E-state index >= 15 is 0 Å². The third-order valence-corrected chi connectivity index (χ3v) is 3.25.